The summed E-state index contributed by atoms with van der Waals surface area (Å²) >= 11 is 0. The van der Waals surface area contributed by atoms with Crippen molar-refractivity contribution >= 4 is 0 Å². The molecule has 2 unspecified atom stereocenters. The van der Waals surface area contributed by atoms with Crippen LogP contribution in [0.2, 0.25) is 0 Å². The van der Waals surface area contributed by atoms with Gasteiger partial charge >= 0.3 is 0 Å². The minimum atomic E-state index is -0.199. The summed E-state index contributed by atoms with van der Waals surface area (Å²) in [5.41, 5.74) is 5.54. The molecule has 92 valence electrons. The number of rotatable bonds is 4. The molecule has 2 atom stereocenters. The van der Waals surface area contributed by atoms with E-state index in [1.165, 1.54) is 12.8 Å². The molecule has 1 heterocycles. The lowest BCUT2D eigenvalue weighted by Crippen LogP contribution is -2.44. The fourth-order valence-corrected chi connectivity index (χ4v) is 2.25. The molecular formula is C13H25N3. The van der Waals surface area contributed by atoms with Gasteiger partial charge in [-0.25, -0.2) is 0 Å². The quantitative estimate of drug-likeness (QED) is 0.793. The molecule has 0 bridgehead atoms. The zero-order chi connectivity index (χ0) is 12.2. The van der Waals surface area contributed by atoms with Gasteiger partial charge in [-0.2, -0.15) is 5.26 Å². The highest BCUT2D eigenvalue weighted by atomic mass is 15.2. The molecule has 1 aliphatic heterocycles. The lowest BCUT2D eigenvalue weighted by molar-refractivity contribution is 0.110. The molecule has 16 heavy (non-hydrogen) atoms. The first-order chi connectivity index (χ1) is 7.48. The molecule has 0 radical (unpaired) electrons. The topological polar surface area (TPSA) is 53.0 Å². The summed E-state index contributed by atoms with van der Waals surface area (Å²) in [5, 5.41) is 9.00. The normalized spacial score (nSPS) is 27.7. The Kier molecular flexibility index (Phi) is 4.76. The molecule has 1 saturated heterocycles. The highest BCUT2D eigenvalue weighted by Gasteiger charge is 2.26. The van der Waals surface area contributed by atoms with Crippen molar-refractivity contribution in [1.29, 1.82) is 5.26 Å². The smallest absolute Gasteiger partial charge is 0.0684 e. The van der Waals surface area contributed by atoms with E-state index >= 15 is 0 Å². The molecule has 0 aromatic heterocycles. The van der Waals surface area contributed by atoms with Crippen molar-refractivity contribution in [3.05, 3.63) is 0 Å². The van der Waals surface area contributed by atoms with Gasteiger partial charge in [-0.05, 0) is 59.0 Å². The van der Waals surface area contributed by atoms with Crippen molar-refractivity contribution in [3.8, 4) is 6.07 Å². The van der Waals surface area contributed by atoms with Crippen LogP contribution < -0.4 is 5.73 Å². The summed E-state index contributed by atoms with van der Waals surface area (Å²) in [7, 11) is 0. The van der Waals surface area contributed by atoms with Crippen LogP contribution in [0.15, 0.2) is 0 Å². The number of nitriles is 1. The van der Waals surface area contributed by atoms with Crippen LogP contribution in [-0.2, 0) is 0 Å². The average molecular weight is 223 g/mol. The van der Waals surface area contributed by atoms with Crippen LogP contribution in [0.25, 0.3) is 0 Å². The third-order valence-corrected chi connectivity index (χ3v) is 3.77. The van der Waals surface area contributed by atoms with E-state index < -0.39 is 0 Å². The predicted molar refractivity (Wildman–Crippen MR) is 66.8 cm³/mol. The number of piperidine rings is 1. The molecule has 1 aliphatic rings. The number of nitrogens with zero attached hydrogens (tertiary/aromatic N) is 2. The minimum absolute atomic E-state index is 0.199. The first kappa shape index (κ1) is 13.5. The zero-order valence-corrected chi connectivity index (χ0v) is 10.9. The van der Waals surface area contributed by atoms with Gasteiger partial charge in [0.05, 0.1) is 11.5 Å². The van der Waals surface area contributed by atoms with Crippen molar-refractivity contribution in [1.82, 2.24) is 4.90 Å². The van der Waals surface area contributed by atoms with Crippen molar-refractivity contribution in [3.63, 3.8) is 0 Å². The zero-order valence-electron chi connectivity index (χ0n) is 10.9. The average Bonchev–Trinajstić information content (AvgIpc) is 2.28. The molecule has 0 aromatic carbocycles. The SMILES string of the molecule is CC1CCC(CN)CN1CCC(C)(C)C#N. The van der Waals surface area contributed by atoms with Crippen LogP contribution in [0.1, 0.15) is 40.0 Å². The van der Waals surface area contributed by atoms with Gasteiger partial charge in [-0.1, -0.05) is 0 Å². The highest BCUT2D eigenvalue weighted by molar-refractivity contribution is 4.93. The molecule has 0 spiro atoms. The maximum absolute atomic E-state index is 9.00. The van der Waals surface area contributed by atoms with Crippen molar-refractivity contribution in [2.45, 2.75) is 46.1 Å². The van der Waals surface area contributed by atoms with Crippen LogP contribution in [-0.4, -0.2) is 30.6 Å². The van der Waals surface area contributed by atoms with Crippen LogP contribution in [0.3, 0.4) is 0 Å². The van der Waals surface area contributed by atoms with Crippen molar-refractivity contribution in [2.24, 2.45) is 17.1 Å². The molecule has 0 amide bonds. The van der Waals surface area contributed by atoms with E-state index in [1.807, 2.05) is 13.8 Å². The number of hydrogen-bond acceptors (Lipinski definition) is 3. The summed E-state index contributed by atoms with van der Waals surface area (Å²) < 4.78 is 0. The van der Waals surface area contributed by atoms with Gasteiger partial charge < -0.3 is 10.6 Å². The number of nitrogens with two attached hydrogens (primary N) is 1. The van der Waals surface area contributed by atoms with Crippen LogP contribution in [0, 0.1) is 22.7 Å². The molecular weight excluding hydrogens is 198 g/mol. The maximum Gasteiger partial charge on any atom is 0.0684 e. The van der Waals surface area contributed by atoms with E-state index in [-0.39, 0.29) is 5.41 Å². The van der Waals surface area contributed by atoms with E-state index in [0.717, 1.165) is 26.1 Å². The first-order valence-electron chi connectivity index (χ1n) is 6.34. The first-order valence-corrected chi connectivity index (χ1v) is 6.34. The summed E-state index contributed by atoms with van der Waals surface area (Å²) in [6, 6.07) is 3.02. The third kappa shape index (κ3) is 3.77. The Labute approximate surface area is 99.6 Å². The maximum atomic E-state index is 9.00. The molecule has 1 rings (SSSR count). The Morgan fingerprint density at radius 3 is 2.69 bits per heavy atom. The standard InChI is InChI=1S/C13H25N3/c1-11-4-5-12(8-14)9-16(11)7-6-13(2,3)10-15/h11-12H,4-9,14H2,1-3H3. The van der Waals surface area contributed by atoms with Gasteiger partial charge in [0.15, 0.2) is 0 Å². The van der Waals surface area contributed by atoms with Crippen molar-refractivity contribution in [2.75, 3.05) is 19.6 Å². The molecule has 3 heteroatoms. The van der Waals surface area contributed by atoms with E-state index in [2.05, 4.69) is 17.9 Å². The van der Waals surface area contributed by atoms with Gasteiger partial charge in [0.2, 0.25) is 0 Å². The van der Waals surface area contributed by atoms with Crippen LogP contribution >= 0.6 is 0 Å². The summed E-state index contributed by atoms with van der Waals surface area (Å²) in [5.74, 6) is 0.654. The Morgan fingerprint density at radius 2 is 2.12 bits per heavy atom. The van der Waals surface area contributed by atoms with E-state index in [0.29, 0.717) is 12.0 Å². The van der Waals surface area contributed by atoms with Gasteiger partial charge in [-0.3, -0.25) is 0 Å². The second-order valence-electron chi connectivity index (χ2n) is 5.77. The molecule has 3 nitrogen and oxygen atoms in total. The van der Waals surface area contributed by atoms with Crippen LogP contribution in [0.4, 0.5) is 0 Å². The molecule has 0 aromatic rings. The Morgan fingerprint density at radius 1 is 1.44 bits per heavy atom. The number of likely N-dealkylation sites (tertiary alicyclic amines) is 1. The summed E-state index contributed by atoms with van der Waals surface area (Å²) in [6.45, 7) is 9.25. The second kappa shape index (κ2) is 5.65. The predicted octanol–water partition coefficient (Wildman–Crippen LogP) is 1.99. The Hall–Kier alpha value is -0.590. The fourth-order valence-electron chi connectivity index (χ4n) is 2.25. The highest BCUT2D eigenvalue weighted by Crippen LogP contribution is 2.25. The van der Waals surface area contributed by atoms with Gasteiger partial charge in [-0.15, -0.1) is 0 Å². The minimum Gasteiger partial charge on any atom is -0.330 e. The summed E-state index contributed by atoms with van der Waals surface area (Å²) in [4.78, 5) is 2.50. The van der Waals surface area contributed by atoms with Gasteiger partial charge in [0.25, 0.3) is 0 Å². The monoisotopic (exact) mass is 223 g/mol. The Bertz CT molecular complexity index is 254. The fraction of sp³-hybridized carbons (Fsp3) is 0.923. The molecule has 2 N–H and O–H groups in total. The Balaban J connectivity index is 2.43. The number of hydrogen-bond donors (Lipinski definition) is 1. The lowest BCUT2D eigenvalue weighted by Gasteiger charge is -2.38. The molecule has 0 aliphatic carbocycles. The van der Waals surface area contributed by atoms with Crippen LogP contribution in [0.5, 0.6) is 0 Å². The van der Waals surface area contributed by atoms with Crippen molar-refractivity contribution < 1.29 is 0 Å². The van der Waals surface area contributed by atoms with E-state index in [9.17, 15) is 0 Å². The second-order valence-corrected chi connectivity index (χ2v) is 5.77. The molecule has 1 fully saturated rings. The third-order valence-electron chi connectivity index (χ3n) is 3.77. The largest absolute Gasteiger partial charge is 0.330 e. The van der Waals surface area contributed by atoms with Gasteiger partial charge in [0, 0.05) is 12.6 Å². The molecule has 0 saturated carbocycles. The van der Waals surface area contributed by atoms with E-state index in [4.69, 9.17) is 11.0 Å². The lowest BCUT2D eigenvalue weighted by atomic mass is 9.89. The van der Waals surface area contributed by atoms with E-state index in [1.54, 1.807) is 0 Å². The summed E-state index contributed by atoms with van der Waals surface area (Å²) in [6.07, 6.45) is 3.45. The van der Waals surface area contributed by atoms with Gasteiger partial charge in [0.1, 0.15) is 0 Å².